The number of thioether (sulfide) groups is 1. The summed E-state index contributed by atoms with van der Waals surface area (Å²) in [5, 5.41) is 48.0. The molecule has 4 rings (SSSR count). The van der Waals surface area contributed by atoms with Gasteiger partial charge in [0.2, 0.25) is 76.8 Å². The molecule has 2 aromatic rings. The predicted molar refractivity (Wildman–Crippen MR) is 389 cm³/mol. The molecule has 106 heavy (non-hydrogen) atoms. The van der Waals surface area contributed by atoms with Gasteiger partial charge in [0, 0.05) is 57.2 Å². The molecule has 13 amide bonds. The summed E-state index contributed by atoms with van der Waals surface area (Å²) in [7, 11) is 0. The zero-order valence-corrected chi connectivity index (χ0v) is 60.1. The van der Waals surface area contributed by atoms with Crippen LogP contribution in [-0.2, 0) is 80.0 Å². The number of phenolic OH excluding ortho intramolecular Hbond substituents is 1. The fourth-order valence-electron chi connectivity index (χ4n) is 11.1. The molecule has 2 fully saturated rings. The van der Waals surface area contributed by atoms with Crippen molar-refractivity contribution in [2.45, 2.75) is 171 Å². The molecular weight excluding hydrogens is 1400 g/mol. The molecule has 3 heterocycles. The number of pyridine rings is 1. The van der Waals surface area contributed by atoms with Gasteiger partial charge in [0.15, 0.2) is 17.9 Å². The number of guanidine groups is 3. The van der Waals surface area contributed by atoms with Crippen molar-refractivity contribution >= 4 is 112 Å². The number of unbranched alkanes of at least 4 members (excludes halogenated alkanes) is 1. The Balaban J connectivity index is 1.85. The average molecular weight is 1510 g/mol. The highest BCUT2D eigenvalue weighted by Crippen LogP contribution is 2.22. The number of carbonyl (C=O) groups is 14. The maximum Gasteiger partial charge on any atom is 0.305 e. The van der Waals surface area contributed by atoms with Gasteiger partial charge in [-0.05, 0) is 125 Å². The molecule has 1 aromatic heterocycles. The number of aliphatic carboxylic acids is 1. The van der Waals surface area contributed by atoms with Crippen LogP contribution in [0.5, 0.6) is 5.75 Å². The Morgan fingerprint density at radius 2 is 0.981 bits per heavy atom. The second kappa shape index (κ2) is 45.9. The summed E-state index contributed by atoms with van der Waals surface area (Å²) in [5.41, 5.74) is 45.8. The van der Waals surface area contributed by atoms with E-state index in [2.05, 4.69) is 78.4 Å². The lowest BCUT2D eigenvalue weighted by Crippen LogP contribution is -2.60. The van der Waals surface area contributed by atoms with Crippen molar-refractivity contribution in [3.8, 4) is 5.75 Å². The number of nitrogens with one attached hydrogen (secondary N) is 11. The fourth-order valence-corrected chi connectivity index (χ4v) is 11.9. The molecule has 0 saturated carbocycles. The Morgan fingerprint density at radius 3 is 1.52 bits per heavy atom. The number of phenols is 1. The van der Waals surface area contributed by atoms with E-state index < -0.39 is 168 Å². The molecule has 0 radical (unpaired) electrons. The summed E-state index contributed by atoms with van der Waals surface area (Å²) in [6.07, 6.45) is 1.57. The number of fused-ring (bicyclic) bond motifs is 1. The van der Waals surface area contributed by atoms with Crippen LogP contribution in [0, 0.1) is 5.92 Å². The van der Waals surface area contributed by atoms with Gasteiger partial charge in [-0.2, -0.15) is 0 Å². The van der Waals surface area contributed by atoms with Crippen LogP contribution in [0.4, 0.5) is 0 Å². The number of aromatic nitrogens is 1. The number of carboxylic acids is 1. The zero-order valence-electron chi connectivity index (χ0n) is 59.3. The van der Waals surface area contributed by atoms with Gasteiger partial charge in [-0.3, -0.25) is 87.1 Å². The van der Waals surface area contributed by atoms with Gasteiger partial charge in [0.25, 0.3) is 0 Å². The van der Waals surface area contributed by atoms with E-state index in [9.17, 15) is 67.7 Å². The van der Waals surface area contributed by atoms with Crippen LogP contribution in [0.2, 0.25) is 0 Å². The molecule has 0 spiro atoms. The van der Waals surface area contributed by atoms with E-state index in [4.69, 9.17) is 45.9 Å². The van der Waals surface area contributed by atoms with Gasteiger partial charge < -0.3 is 119 Å². The molecule has 2 aliphatic rings. The number of carbonyl (C=O) groups excluding carboxylic acids is 13. The smallest absolute Gasteiger partial charge is 0.305 e. The number of amides is 13. The third-order valence-corrected chi connectivity index (χ3v) is 17.4. The normalized spacial score (nSPS) is 23.0. The summed E-state index contributed by atoms with van der Waals surface area (Å²) in [4.78, 5) is 213. The largest absolute Gasteiger partial charge is 0.508 e. The maximum absolute atomic E-state index is 15.1. The van der Waals surface area contributed by atoms with Crippen LogP contribution in [0.15, 0.2) is 63.8 Å². The van der Waals surface area contributed by atoms with E-state index in [1.165, 1.54) is 41.6 Å². The van der Waals surface area contributed by atoms with Gasteiger partial charge in [-0.1, -0.05) is 26.0 Å². The van der Waals surface area contributed by atoms with Crippen molar-refractivity contribution in [3.05, 3.63) is 59.9 Å². The number of rotatable bonds is 25. The van der Waals surface area contributed by atoms with Crippen LogP contribution >= 0.6 is 11.8 Å². The minimum atomic E-state index is -1.93. The number of carboxylic acid groups (broad SMARTS) is 1. The van der Waals surface area contributed by atoms with E-state index in [0.717, 1.165) is 11.8 Å². The fraction of sp³-hybridized carbons (Fsp3) is 0.569. The topological polar surface area (TPSA) is 673 Å². The second-order valence-electron chi connectivity index (χ2n) is 25.6. The van der Waals surface area contributed by atoms with Gasteiger partial charge in [-0.25, -0.2) is 0 Å². The average Bonchev–Trinajstić information content (AvgIpc) is 1.61. The minimum absolute atomic E-state index is 0.0121. The second-order valence-corrected chi connectivity index (χ2v) is 26.6. The SMILES string of the molecule is CC(C)C[C@@H]1NC(=O)[C@H](Cc2ccc(O)cc2)NC(=O)CSC[C@@H](C(N)=O)NC(=O)CNC(=O)CNC(=O)[C@H](CCCN=C(N)N)NC(=O)[C@H](CC(=O)O)NC(=O)[C@H](CCCCN)NC(=O)[C@@H]2CCCN2C(=O)[C@H](CCCN=C(N)N)NC(=O)[C@H](Cc2ccncc2)NC(=O)[C@H](CCCN=C(N)N)NC1=O. The first-order valence-electron chi connectivity index (χ1n) is 34.5. The summed E-state index contributed by atoms with van der Waals surface area (Å²) in [6, 6.07) is -6.29. The third kappa shape index (κ3) is 32.7. The van der Waals surface area contributed by atoms with E-state index in [0.29, 0.717) is 17.5 Å². The lowest BCUT2D eigenvalue weighted by atomic mass is 10.00. The van der Waals surface area contributed by atoms with E-state index >= 15 is 9.59 Å². The monoisotopic (exact) mass is 1510 g/mol. The molecule has 0 unspecified atom stereocenters. The Kier molecular flexibility index (Phi) is 37.8. The first kappa shape index (κ1) is 87.3. The standard InChI is InChI=1S/C65H102N24O16S/c1-35(2)27-43-57(100)83-41(11-6-22-76-64(70)71)56(99)87-45(29-37-18-24-74-25-19-37)59(102)85-42(12-7-23-77-65(72)73)62(105)89-26-8-13-48(89)61(104)84-40(9-3-4-20-66)55(98)88-46(30-52(94)95)60(103)82-39(10-5-21-75-63(68)69)54(97)79-31-49(91)78-32-50(92)81-47(53(67)96)33-106-34-51(93)80-44(58(101)86-43)28-36-14-16-38(90)17-15-36/h14-19,24-25,35,39-48,90H,3-13,20-23,26-34,66H2,1-2H3,(H2,67,96)(H,78,91)(H,79,97)(H,80,93)(H,81,92)(H,82,103)(H,83,100)(H,84,104)(H,85,102)(H,86,101)(H,87,99)(H,88,98)(H,94,95)(H4,68,69,75)(H4,70,71,76)(H4,72,73,77)/t39-,40-,41-,42-,43-,44-,45-,46-,47-,48-/m0/s1. The number of hydrogen-bond acceptors (Lipinski definition) is 21. The molecule has 0 aliphatic carbocycles. The summed E-state index contributed by atoms with van der Waals surface area (Å²) in [6.45, 7) is 1.86. The number of nitrogens with zero attached hydrogens (tertiary/aromatic N) is 5. The van der Waals surface area contributed by atoms with Crippen LogP contribution in [0.3, 0.4) is 0 Å². The highest BCUT2D eigenvalue weighted by atomic mass is 32.2. The molecule has 29 N–H and O–H groups in total. The Morgan fingerprint density at radius 1 is 0.528 bits per heavy atom. The van der Waals surface area contributed by atoms with Gasteiger partial charge >= 0.3 is 5.97 Å². The number of nitrogens with two attached hydrogens (primary N) is 8. The van der Waals surface area contributed by atoms with Crippen LogP contribution in [0.1, 0.15) is 108 Å². The highest BCUT2D eigenvalue weighted by Gasteiger charge is 2.41. The van der Waals surface area contributed by atoms with Crippen molar-refractivity contribution in [2.75, 3.05) is 57.3 Å². The molecule has 2 saturated heterocycles. The zero-order chi connectivity index (χ0) is 78.4. The number of aliphatic imine (C=N–C) groups is 3. The summed E-state index contributed by atoms with van der Waals surface area (Å²) >= 11 is 0.807. The van der Waals surface area contributed by atoms with Crippen LogP contribution in [0.25, 0.3) is 0 Å². The lowest BCUT2D eigenvalue weighted by Gasteiger charge is -2.31. The molecule has 1 aromatic carbocycles. The molecule has 10 atom stereocenters. The minimum Gasteiger partial charge on any atom is -0.508 e. The first-order chi connectivity index (χ1) is 50.3. The van der Waals surface area contributed by atoms with Crippen molar-refractivity contribution in [1.82, 2.24) is 68.4 Å². The molecule has 584 valence electrons. The molecule has 41 heteroatoms. The van der Waals surface area contributed by atoms with Gasteiger partial charge in [-0.15, -0.1) is 11.8 Å². The van der Waals surface area contributed by atoms with Gasteiger partial charge in [0.05, 0.1) is 25.3 Å². The molecule has 0 bridgehead atoms. The molecule has 2 aliphatic heterocycles. The van der Waals surface area contributed by atoms with Gasteiger partial charge in [0.1, 0.15) is 66.2 Å². The van der Waals surface area contributed by atoms with Crippen LogP contribution < -0.4 is 104 Å². The Labute approximate surface area is 616 Å². The Hall–Kier alpha value is -11.1. The Bertz CT molecular complexity index is 3430. The third-order valence-electron chi connectivity index (χ3n) is 16.4. The number of hydrogen-bond donors (Lipinski definition) is 21. The number of benzene rings is 1. The van der Waals surface area contributed by atoms with Crippen molar-refractivity contribution in [2.24, 2.45) is 66.8 Å². The van der Waals surface area contributed by atoms with Crippen molar-refractivity contribution in [3.63, 3.8) is 0 Å². The van der Waals surface area contributed by atoms with E-state index in [-0.39, 0.29) is 151 Å². The van der Waals surface area contributed by atoms with E-state index in [1.54, 1.807) is 26.0 Å². The quantitative estimate of drug-likeness (QED) is 0.0249. The van der Waals surface area contributed by atoms with Crippen molar-refractivity contribution in [1.29, 1.82) is 0 Å². The summed E-state index contributed by atoms with van der Waals surface area (Å²) < 4.78 is 0. The lowest BCUT2D eigenvalue weighted by molar-refractivity contribution is -0.143. The van der Waals surface area contributed by atoms with Crippen LogP contribution in [-0.4, -0.2) is 238 Å². The van der Waals surface area contributed by atoms with Crippen molar-refractivity contribution < 1.29 is 77.3 Å². The van der Waals surface area contributed by atoms with E-state index in [1.807, 2.05) is 0 Å². The number of primary amides is 1. The number of aromatic hydroxyl groups is 1. The maximum atomic E-state index is 15.1. The highest BCUT2D eigenvalue weighted by molar-refractivity contribution is 8.00. The first-order valence-corrected chi connectivity index (χ1v) is 35.7. The summed E-state index contributed by atoms with van der Waals surface area (Å²) in [5.74, 6) is -15.9. The molecular formula is C65H102N24O16S. The molecule has 40 nitrogen and oxygen atoms in total. The predicted octanol–water partition coefficient (Wildman–Crippen LogP) is -7.80.